The highest BCUT2D eigenvalue weighted by molar-refractivity contribution is 5.92. The van der Waals surface area contributed by atoms with Crippen molar-refractivity contribution in [3.8, 4) is 11.5 Å². The number of rotatable bonds is 7. The fourth-order valence-corrected chi connectivity index (χ4v) is 3.77. The van der Waals surface area contributed by atoms with Gasteiger partial charge in [0.15, 0.2) is 11.5 Å². The van der Waals surface area contributed by atoms with Crippen molar-refractivity contribution in [3.05, 3.63) is 53.1 Å². The summed E-state index contributed by atoms with van der Waals surface area (Å²) in [5, 5.41) is 3.65. The van der Waals surface area contributed by atoms with Crippen LogP contribution >= 0.6 is 0 Å². The van der Waals surface area contributed by atoms with E-state index in [1.54, 1.807) is 26.0 Å². The fourth-order valence-electron chi connectivity index (χ4n) is 3.77. The molecule has 7 nitrogen and oxygen atoms in total. The van der Waals surface area contributed by atoms with Crippen LogP contribution in [0.3, 0.4) is 0 Å². The second-order valence-electron chi connectivity index (χ2n) is 8.16. The van der Waals surface area contributed by atoms with Crippen molar-refractivity contribution in [1.29, 1.82) is 0 Å². The summed E-state index contributed by atoms with van der Waals surface area (Å²) in [6.45, 7) is 4.98. The molecule has 1 fully saturated rings. The Balaban J connectivity index is 1.66. The van der Waals surface area contributed by atoms with Gasteiger partial charge in [-0.2, -0.15) is 13.2 Å². The monoisotopic (exact) mass is 495 g/mol. The Labute approximate surface area is 199 Å². The Bertz CT molecular complexity index is 1200. The van der Waals surface area contributed by atoms with E-state index < -0.39 is 23.6 Å². The maximum absolute atomic E-state index is 13.9. The molecule has 1 N–H and O–H groups in total. The Morgan fingerprint density at radius 1 is 1.11 bits per heavy atom. The standard InChI is InChI=1S/C24H25F4N3O4/c1-13(15-6-16(24(26,27)28)8-17(25)7-15)29-23-19-9-22(35-12-18-11-33-4-5-34-18)21(32-3)10-20(19)30-14(2)31-23/h6-10,13,18H,4-5,11-12H2,1-3H3,(H,29,30,31)/t13-,18+/m1/s1. The molecule has 35 heavy (non-hydrogen) atoms. The number of halogens is 4. The number of ether oxygens (including phenoxy) is 4. The number of aryl methyl sites for hydroxylation is 1. The number of hydrogen-bond acceptors (Lipinski definition) is 7. The van der Waals surface area contributed by atoms with Crippen molar-refractivity contribution in [1.82, 2.24) is 9.97 Å². The number of aromatic nitrogens is 2. The highest BCUT2D eigenvalue weighted by atomic mass is 19.4. The summed E-state index contributed by atoms with van der Waals surface area (Å²) < 4.78 is 75.8. The van der Waals surface area contributed by atoms with Crippen LogP contribution < -0.4 is 14.8 Å². The minimum Gasteiger partial charge on any atom is -0.493 e. The van der Waals surface area contributed by atoms with Crippen LogP contribution in [0.15, 0.2) is 30.3 Å². The van der Waals surface area contributed by atoms with Gasteiger partial charge in [-0.3, -0.25) is 0 Å². The average molecular weight is 495 g/mol. The minimum atomic E-state index is -4.66. The number of fused-ring (bicyclic) bond motifs is 1. The van der Waals surface area contributed by atoms with Crippen LogP contribution in [0.2, 0.25) is 0 Å². The molecular weight excluding hydrogens is 470 g/mol. The van der Waals surface area contributed by atoms with Crippen LogP contribution in [0.25, 0.3) is 10.9 Å². The molecule has 11 heteroatoms. The molecule has 2 heterocycles. The predicted octanol–water partition coefficient (Wildman–Crippen LogP) is 5.07. The van der Waals surface area contributed by atoms with Crippen molar-refractivity contribution < 1.29 is 36.5 Å². The lowest BCUT2D eigenvalue weighted by atomic mass is 10.0. The van der Waals surface area contributed by atoms with Gasteiger partial charge in [-0.25, -0.2) is 14.4 Å². The zero-order valence-corrected chi connectivity index (χ0v) is 19.4. The lowest BCUT2D eigenvalue weighted by Gasteiger charge is -2.23. The molecule has 0 spiro atoms. The van der Waals surface area contributed by atoms with Gasteiger partial charge in [0.05, 0.1) is 44.1 Å². The van der Waals surface area contributed by atoms with Crippen molar-refractivity contribution in [2.45, 2.75) is 32.2 Å². The lowest BCUT2D eigenvalue weighted by Crippen LogP contribution is -2.33. The highest BCUT2D eigenvalue weighted by Crippen LogP contribution is 2.36. The largest absolute Gasteiger partial charge is 0.493 e. The lowest BCUT2D eigenvalue weighted by molar-refractivity contribution is -0.137. The molecule has 1 aliphatic heterocycles. The van der Waals surface area contributed by atoms with E-state index in [9.17, 15) is 17.6 Å². The Morgan fingerprint density at radius 3 is 2.60 bits per heavy atom. The second kappa shape index (κ2) is 10.2. The summed E-state index contributed by atoms with van der Waals surface area (Å²) in [6.07, 6.45) is -4.89. The van der Waals surface area contributed by atoms with Crippen LogP contribution in [-0.4, -0.2) is 49.6 Å². The highest BCUT2D eigenvalue weighted by Gasteiger charge is 2.32. The maximum Gasteiger partial charge on any atom is 0.416 e. The van der Waals surface area contributed by atoms with Gasteiger partial charge in [0, 0.05) is 11.5 Å². The molecule has 0 unspecified atom stereocenters. The average Bonchev–Trinajstić information content (AvgIpc) is 2.82. The molecule has 0 amide bonds. The van der Waals surface area contributed by atoms with Crippen LogP contribution in [0.5, 0.6) is 11.5 Å². The van der Waals surface area contributed by atoms with Crippen molar-refractivity contribution in [3.63, 3.8) is 0 Å². The van der Waals surface area contributed by atoms with E-state index in [0.717, 1.165) is 12.1 Å². The Kier molecular flexibility index (Phi) is 7.27. The number of anilines is 1. The molecule has 1 saturated heterocycles. The number of methoxy groups -OCH3 is 1. The van der Waals surface area contributed by atoms with Gasteiger partial charge in [0.2, 0.25) is 0 Å². The molecule has 0 saturated carbocycles. The number of alkyl halides is 3. The molecule has 0 bridgehead atoms. The summed E-state index contributed by atoms with van der Waals surface area (Å²) in [4.78, 5) is 8.86. The van der Waals surface area contributed by atoms with Gasteiger partial charge in [0.25, 0.3) is 0 Å². The SMILES string of the molecule is COc1cc2nc(C)nc(N[C@H](C)c3cc(F)cc(C(F)(F)F)c3)c2cc1OC[C@@H]1COCCO1. The van der Waals surface area contributed by atoms with E-state index >= 15 is 0 Å². The Morgan fingerprint density at radius 2 is 1.91 bits per heavy atom. The molecule has 2 aromatic carbocycles. The summed E-state index contributed by atoms with van der Waals surface area (Å²) in [7, 11) is 1.51. The number of nitrogens with zero attached hydrogens (tertiary/aromatic N) is 2. The van der Waals surface area contributed by atoms with E-state index in [1.165, 1.54) is 7.11 Å². The fraction of sp³-hybridized carbons (Fsp3) is 0.417. The van der Waals surface area contributed by atoms with Gasteiger partial charge < -0.3 is 24.3 Å². The van der Waals surface area contributed by atoms with E-state index in [1.807, 2.05) is 0 Å². The molecule has 188 valence electrons. The van der Waals surface area contributed by atoms with Crippen LogP contribution in [0.4, 0.5) is 23.4 Å². The normalized spacial score (nSPS) is 17.3. The first-order valence-corrected chi connectivity index (χ1v) is 11.0. The third-order valence-electron chi connectivity index (χ3n) is 5.50. The zero-order chi connectivity index (χ0) is 25.2. The van der Waals surface area contributed by atoms with Crippen LogP contribution in [0.1, 0.15) is 29.9 Å². The molecule has 4 rings (SSSR count). The first-order chi connectivity index (χ1) is 16.6. The van der Waals surface area contributed by atoms with Gasteiger partial charge in [-0.1, -0.05) is 0 Å². The quantitative estimate of drug-likeness (QED) is 0.459. The third-order valence-corrected chi connectivity index (χ3v) is 5.50. The molecule has 1 aromatic heterocycles. The van der Waals surface area contributed by atoms with Gasteiger partial charge in [0.1, 0.15) is 30.2 Å². The molecule has 0 aliphatic carbocycles. The second-order valence-corrected chi connectivity index (χ2v) is 8.16. The van der Waals surface area contributed by atoms with Crippen molar-refractivity contribution >= 4 is 16.7 Å². The first kappa shape index (κ1) is 24.9. The van der Waals surface area contributed by atoms with Gasteiger partial charge >= 0.3 is 6.18 Å². The maximum atomic E-state index is 13.9. The zero-order valence-electron chi connectivity index (χ0n) is 19.4. The molecule has 1 aliphatic rings. The van der Waals surface area contributed by atoms with Crippen molar-refractivity contribution in [2.75, 3.05) is 38.9 Å². The molecule has 3 aromatic rings. The smallest absolute Gasteiger partial charge is 0.416 e. The van der Waals surface area contributed by atoms with Gasteiger partial charge in [-0.05, 0) is 43.7 Å². The number of hydrogen-bond donors (Lipinski definition) is 1. The van der Waals surface area contributed by atoms with Crippen molar-refractivity contribution in [2.24, 2.45) is 0 Å². The van der Waals surface area contributed by atoms with Crippen LogP contribution in [-0.2, 0) is 15.7 Å². The molecular formula is C24H25F4N3O4. The number of nitrogens with one attached hydrogen (secondary N) is 1. The van der Waals surface area contributed by atoms with E-state index in [4.69, 9.17) is 18.9 Å². The summed E-state index contributed by atoms with van der Waals surface area (Å²) in [5.74, 6) is 0.698. The summed E-state index contributed by atoms with van der Waals surface area (Å²) >= 11 is 0. The first-order valence-electron chi connectivity index (χ1n) is 11.0. The summed E-state index contributed by atoms with van der Waals surface area (Å²) in [6, 6.07) is 5.14. The summed E-state index contributed by atoms with van der Waals surface area (Å²) in [5.41, 5.74) is -0.385. The number of benzene rings is 2. The Hall–Kier alpha value is -3.18. The minimum absolute atomic E-state index is 0.126. The van der Waals surface area contributed by atoms with E-state index in [0.29, 0.717) is 59.9 Å². The third kappa shape index (κ3) is 5.91. The van der Waals surface area contributed by atoms with Crippen LogP contribution in [0, 0.1) is 12.7 Å². The molecule has 2 atom stereocenters. The van der Waals surface area contributed by atoms with E-state index in [-0.39, 0.29) is 18.3 Å². The van der Waals surface area contributed by atoms with Gasteiger partial charge in [-0.15, -0.1) is 0 Å². The topological polar surface area (TPSA) is 74.7 Å². The molecule has 0 radical (unpaired) electrons. The predicted molar refractivity (Wildman–Crippen MR) is 120 cm³/mol. The van der Waals surface area contributed by atoms with E-state index in [2.05, 4.69) is 15.3 Å².